The zero-order valence-corrected chi connectivity index (χ0v) is 14.4. The molecule has 1 aromatic carbocycles. The van der Waals surface area contributed by atoms with Crippen LogP contribution in [0.1, 0.15) is 19.1 Å². The maximum Gasteiger partial charge on any atom is 0.237 e. The highest BCUT2D eigenvalue weighted by molar-refractivity contribution is 5.81. The Balaban J connectivity index is 1.79. The summed E-state index contributed by atoms with van der Waals surface area (Å²) in [6, 6.07) is 11.8. The quantitative estimate of drug-likeness (QED) is 0.720. The Morgan fingerprint density at radius 1 is 1.42 bits per heavy atom. The second-order valence-corrected chi connectivity index (χ2v) is 5.84. The van der Waals surface area contributed by atoms with E-state index in [9.17, 15) is 4.79 Å². The molecule has 2 rings (SSSR count). The Labute approximate surface area is 143 Å². The Morgan fingerprint density at radius 2 is 2.17 bits per heavy atom. The van der Waals surface area contributed by atoms with Crippen molar-refractivity contribution in [3.05, 3.63) is 54.8 Å². The van der Waals surface area contributed by atoms with Crippen LogP contribution >= 0.6 is 0 Å². The number of carbonyl (C=O) groups is 1. The molecule has 0 bridgehead atoms. The molecule has 0 fully saturated rings. The summed E-state index contributed by atoms with van der Waals surface area (Å²) >= 11 is 0. The van der Waals surface area contributed by atoms with E-state index >= 15 is 0 Å². The topological polar surface area (TPSA) is 58.4 Å². The van der Waals surface area contributed by atoms with Crippen LogP contribution < -0.4 is 5.32 Å². The van der Waals surface area contributed by atoms with Gasteiger partial charge in [0.2, 0.25) is 5.91 Å². The van der Waals surface area contributed by atoms with E-state index < -0.39 is 0 Å². The Morgan fingerprint density at radius 3 is 2.88 bits per heavy atom. The van der Waals surface area contributed by atoms with Crippen molar-refractivity contribution in [2.24, 2.45) is 0 Å². The molecule has 1 aromatic heterocycles. The lowest BCUT2D eigenvalue weighted by molar-refractivity contribution is -0.125. The average molecular weight is 327 g/mol. The summed E-state index contributed by atoms with van der Waals surface area (Å²) in [4.78, 5) is 13.9. The van der Waals surface area contributed by atoms with Crippen LogP contribution in [0.15, 0.2) is 53.6 Å². The van der Waals surface area contributed by atoms with Crippen LogP contribution in [-0.4, -0.2) is 42.1 Å². The Kier molecular flexibility index (Phi) is 6.75. The number of hydrogen-bond donors (Lipinski definition) is 1. The standard InChI is InChI=1S/C19H25N3O2/c1-4-12-20-19(23)15(2)22(3)13-8-11-17-14-18(21-24-17)16-9-6-5-7-10-16/h4-7,9-10,14-15H,1,8,11-13H2,2-3H3,(H,20,23). The molecule has 2 aromatic rings. The molecule has 1 unspecified atom stereocenters. The summed E-state index contributed by atoms with van der Waals surface area (Å²) in [5.41, 5.74) is 1.91. The van der Waals surface area contributed by atoms with Gasteiger partial charge in [0.25, 0.3) is 0 Å². The zero-order valence-electron chi connectivity index (χ0n) is 14.4. The van der Waals surface area contributed by atoms with Crippen LogP contribution in [0.2, 0.25) is 0 Å². The molecule has 0 radical (unpaired) electrons. The minimum absolute atomic E-state index is 0.0171. The van der Waals surface area contributed by atoms with Crippen molar-refractivity contribution in [1.29, 1.82) is 0 Å². The molecular weight excluding hydrogens is 302 g/mol. The molecule has 5 heteroatoms. The van der Waals surface area contributed by atoms with Crippen molar-refractivity contribution in [2.45, 2.75) is 25.8 Å². The van der Waals surface area contributed by atoms with Crippen molar-refractivity contribution in [3.8, 4) is 11.3 Å². The van der Waals surface area contributed by atoms with Gasteiger partial charge in [-0.3, -0.25) is 9.69 Å². The van der Waals surface area contributed by atoms with Gasteiger partial charge in [0.1, 0.15) is 11.5 Å². The number of nitrogens with zero attached hydrogens (tertiary/aromatic N) is 2. The van der Waals surface area contributed by atoms with Gasteiger partial charge in [0.05, 0.1) is 6.04 Å². The summed E-state index contributed by atoms with van der Waals surface area (Å²) in [6.07, 6.45) is 3.38. The fourth-order valence-electron chi connectivity index (χ4n) is 2.39. The summed E-state index contributed by atoms with van der Waals surface area (Å²) in [6.45, 7) is 6.81. The molecular formula is C19H25N3O2. The average Bonchev–Trinajstić information content (AvgIpc) is 3.08. The predicted octanol–water partition coefficient (Wildman–Crippen LogP) is 2.90. The number of likely N-dealkylation sites (N-methyl/N-ethyl adjacent to an activating group) is 1. The highest BCUT2D eigenvalue weighted by atomic mass is 16.5. The van der Waals surface area contributed by atoms with Crippen molar-refractivity contribution in [3.63, 3.8) is 0 Å². The first-order chi connectivity index (χ1) is 11.6. The molecule has 0 saturated heterocycles. The summed E-state index contributed by atoms with van der Waals surface area (Å²) in [7, 11) is 1.95. The molecule has 1 N–H and O–H groups in total. The lowest BCUT2D eigenvalue weighted by Crippen LogP contribution is -2.43. The first kappa shape index (κ1) is 17.9. The third-order valence-electron chi connectivity index (χ3n) is 4.02. The van der Waals surface area contributed by atoms with Crippen LogP contribution in [0.3, 0.4) is 0 Å². The number of benzene rings is 1. The number of aryl methyl sites for hydroxylation is 1. The maximum atomic E-state index is 11.9. The lowest BCUT2D eigenvalue weighted by atomic mass is 10.1. The van der Waals surface area contributed by atoms with E-state index in [-0.39, 0.29) is 11.9 Å². The zero-order chi connectivity index (χ0) is 17.4. The molecule has 0 aliphatic carbocycles. The van der Waals surface area contributed by atoms with Gasteiger partial charge in [0, 0.05) is 24.6 Å². The summed E-state index contributed by atoms with van der Waals surface area (Å²) in [5, 5.41) is 6.93. The molecule has 0 aliphatic heterocycles. The highest BCUT2D eigenvalue weighted by Crippen LogP contribution is 2.19. The molecule has 24 heavy (non-hydrogen) atoms. The van der Waals surface area contributed by atoms with Gasteiger partial charge in [-0.25, -0.2) is 0 Å². The van der Waals surface area contributed by atoms with Gasteiger partial charge in [-0.15, -0.1) is 6.58 Å². The first-order valence-electron chi connectivity index (χ1n) is 8.21. The number of carbonyl (C=O) groups excluding carboxylic acids is 1. The van der Waals surface area contributed by atoms with Crippen LogP contribution in [0.4, 0.5) is 0 Å². The minimum atomic E-state index is -0.167. The molecule has 0 saturated carbocycles. The van der Waals surface area contributed by atoms with E-state index in [1.165, 1.54) is 0 Å². The van der Waals surface area contributed by atoms with E-state index in [2.05, 4.69) is 17.1 Å². The summed E-state index contributed by atoms with van der Waals surface area (Å²) in [5.74, 6) is 0.884. The van der Waals surface area contributed by atoms with Gasteiger partial charge >= 0.3 is 0 Å². The molecule has 0 aliphatic rings. The highest BCUT2D eigenvalue weighted by Gasteiger charge is 2.17. The molecule has 5 nitrogen and oxygen atoms in total. The molecule has 1 heterocycles. The van der Waals surface area contributed by atoms with Crippen LogP contribution in [-0.2, 0) is 11.2 Å². The SMILES string of the molecule is C=CCNC(=O)C(C)N(C)CCCc1cc(-c2ccccc2)no1. The van der Waals surface area contributed by atoms with Crippen LogP contribution in [0, 0.1) is 0 Å². The molecule has 1 amide bonds. The normalized spacial score (nSPS) is 12.1. The third-order valence-corrected chi connectivity index (χ3v) is 4.02. The van der Waals surface area contributed by atoms with Gasteiger partial charge < -0.3 is 9.84 Å². The number of aromatic nitrogens is 1. The molecule has 128 valence electrons. The lowest BCUT2D eigenvalue weighted by Gasteiger charge is -2.23. The Bertz CT molecular complexity index is 652. The fourth-order valence-corrected chi connectivity index (χ4v) is 2.39. The maximum absolute atomic E-state index is 11.9. The number of nitrogens with one attached hydrogen (secondary N) is 1. The minimum Gasteiger partial charge on any atom is -0.361 e. The third kappa shape index (κ3) is 5.06. The predicted molar refractivity (Wildman–Crippen MR) is 95.6 cm³/mol. The van der Waals surface area contributed by atoms with Crippen molar-refractivity contribution in [2.75, 3.05) is 20.1 Å². The van der Waals surface area contributed by atoms with Gasteiger partial charge in [-0.05, 0) is 26.9 Å². The summed E-state index contributed by atoms with van der Waals surface area (Å²) < 4.78 is 5.40. The monoisotopic (exact) mass is 327 g/mol. The molecule has 1 atom stereocenters. The number of hydrogen-bond acceptors (Lipinski definition) is 4. The number of amides is 1. The van der Waals surface area contributed by atoms with Crippen LogP contribution in [0.25, 0.3) is 11.3 Å². The van der Waals surface area contributed by atoms with Gasteiger partial charge in [0.15, 0.2) is 0 Å². The second-order valence-electron chi connectivity index (χ2n) is 5.84. The van der Waals surface area contributed by atoms with E-state index in [1.807, 2.05) is 55.3 Å². The van der Waals surface area contributed by atoms with E-state index in [0.29, 0.717) is 6.54 Å². The van der Waals surface area contributed by atoms with Crippen molar-refractivity contribution < 1.29 is 9.32 Å². The van der Waals surface area contributed by atoms with Crippen molar-refractivity contribution >= 4 is 5.91 Å². The fraction of sp³-hybridized carbons (Fsp3) is 0.368. The van der Waals surface area contributed by atoms with Gasteiger partial charge in [-0.1, -0.05) is 41.6 Å². The molecule has 0 spiro atoms. The number of rotatable bonds is 9. The first-order valence-corrected chi connectivity index (χ1v) is 8.21. The largest absolute Gasteiger partial charge is 0.361 e. The van der Waals surface area contributed by atoms with E-state index in [1.54, 1.807) is 6.08 Å². The Hall–Kier alpha value is -2.40. The van der Waals surface area contributed by atoms with E-state index in [4.69, 9.17) is 4.52 Å². The van der Waals surface area contributed by atoms with Gasteiger partial charge in [-0.2, -0.15) is 0 Å². The van der Waals surface area contributed by atoms with Crippen LogP contribution in [0.5, 0.6) is 0 Å². The smallest absolute Gasteiger partial charge is 0.237 e. The van der Waals surface area contributed by atoms with Crippen molar-refractivity contribution in [1.82, 2.24) is 15.4 Å². The second kappa shape index (κ2) is 9.03. The van der Waals surface area contributed by atoms with E-state index in [0.717, 1.165) is 36.4 Å².